The van der Waals surface area contributed by atoms with E-state index >= 15 is 0 Å². The molecule has 0 amide bonds. The summed E-state index contributed by atoms with van der Waals surface area (Å²) in [6.07, 6.45) is 2.12. The summed E-state index contributed by atoms with van der Waals surface area (Å²) < 4.78 is 0. The SMILES string of the molecule is O=C1CC(c2ccn[nH]2)c2ccc(O)cc21. The van der Waals surface area contributed by atoms with Gasteiger partial charge in [0.1, 0.15) is 5.75 Å². The molecule has 1 aromatic heterocycles. The van der Waals surface area contributed by atoms with E-state index in [0.717, 1.165) is 11.3 Å². The van der Waals surface area contributed by atoms with E-state index in [9.17, 15) is 9.90 Å². The number of fused-ring (bicyclic) bond motifs is 1. The van der Waals surface area contributed by atoms with E-state index in [1.54, 1.807) is 18.3 Å². The second-order valence-corrected chi connectivity index (χ2v) is 3.96. The average molecular weight is 214 g/mol. The molecule has 1 unspecified atom stereocenters. The van der Waals surface area contributed by atoms with Gasteiger partial charge >= 0.3 is 0 Å². The van der Waals surface area contributed by atoms with Crippen LogP contribution in [0.4, 0.5) is 0 Å². The van der Waals surface area contributed by atoms with E-state index in [-0.39, 0.29) is 17.5 Å². The molecule has 80 valence electrons. The zero-order valence-electron chi connectivity index (χ0n) is 8.47. The summed E-state index contributed by atoms with van der Waals surface area (Å²) in [5.74, 6) is 0.258. The summed E-state index contributed by atoms with van der Waals surface area (Å²) in [5.41, 5.74) is 2.53. The van der Waals surface area contributed by atoms with Crippen LogP contribution >= 0.6 is 0 Å². The van der Waals surface area contributed by atoms with Gasteiger partial charge in [-0.25, -0.2) is 0 Å². The number of aromatic hydroxyl groups is 1. The lowest BCUT2D eigenvalue weighted by molar-refractivity contribution is 0.0991. The van der Waals surface area contributed by atoms with Crippen molar-refractivity contribution in [1.29, 1.82) is 0 Å². The highest BCUT2D eigenvalue weighted by Crippen LogP contribution is 2.38. The summed E-state index contributed by atoms with van der Waals surface area (Å²) in [6.45, 7) is 0. The molecule has 1 atom stereocenters. The normalized spacial score (nSPS) is 18.8. The average Bonchev–Trinajstić information content (AvgIpc) is 2.87. The van der Waals surface area contributed by atoms with Crippen molar-refractivity contribution in [3.05, 3.63) is 47.3 Å². The topological polar surface area (TPSA) is 66.0 Å². The molecular weight excluding hydrogens is 204 g/mol. The van der Waals surface area contributed by atoms with Gasteiger partial charge in [0.2, 0.25) is 0 Å². The van der Waals surface area contributed by atoms with Gasteiger partial charge in [-0.2, -0.15) is 5.10 Å². The maximum atomic E-state index is 11.8. The lowest BCUT2D eigenvalue weighted by atomic mass is 9.98. The van der Waals surface area contributed by atoms with Gasteiger partial charge in [0.25, 0.3) is 0 Å². The first-order valence-corrected chi connectivity index (χ1v) is 5.11. The number of carbonyl (C=O) groups is 1. The second kappa shape index (κ2) is 3.20. The molecule has 4 nitrogen and oxygen atoms in total. The molecule has 2 aromatic rings. The van der Waals surface area contributed by atoms with Crippen molar-refractivity contribution in [3.63, 3.8) is 0 Å². The Balaban J connectivity index is 2.13. The summed E-state index contributed by atoms with van der Waals surface area (Å²) in [7, 11) is 0. The lowest BCUT2D eigenvalue weighted by Gasteiger charge is -2.07. The highest BCUT2D eigenvalue weighted by Gasteiger charge is 2.31. The quantitative estimate of drug-likeness (QED) is 0.761. The molecule has 0 bridgehead atoms. The number of nitrogens with zero attached hydrogens (tertiary/aromatic N) is 1. The number of benzene rings is 1. The van der Waals surface area contributed by atoms with Crippen LogP contribution in [0, 0.1) is 0 Å². The van der Waals surface area contributed by atoms with Crippen molar-refractivity contribution >= 4 is 5.78 Å². The molecular formula is C12H10N2O2. The highest BCUT2D eigenvalue weighted by atomic mass is 16.3. The van der Waals surface area contributed by atoms with Crippen LogP contribution in [0.1, 0.15) is 34.0 Å². The van der Waals surface area contributed by atoms with Gasteiger partial charge in [-0.3, -0.25) is 9.89 Å². The Bertz CT molecular complexity index is 546. The van der Waals surface area contributed by atoms with E-state index in [1.165, 1.54) is 6.07 Å². The van der Waals surface area contributed by atoms with E-state index in [1.807, 2.05) is 6.07 Å². The molecule has 0 saturated carbocycles. The fourth-order valence-corrected chi connectivity index (χ4v) is 2.23. The number of H-pyrrole nitrogens is 1. The van der Waals surface area contributed by atoms with Crippen molar-refractivity contribution < 1.29 is 9.90 Å². The number of phenols is 1. The number of Topliss-reactive ketones (excluding diaryl/α,β-unsaturated/α-hetero) is 1. The Kier molecular flexibility index (Phi) is 1.83. The van der Waals surface area contributed by atoms with Gasteiger partial charge in [-0.05, 0) is 23.8 Å². The molecule has 0 aliphatic heterocycles. The molecule has 4 heteroatoms. The molecule has 1 heterocycles. The molecule has 0 spiro atoms. The zero-order chi connectivity index (χ0) is 11.1. The minimum absolute atomic E-state index is 0.0469. The van der Waals surface area contributed by atoms with Gasteiger partial charge in [-0.1, -0.05) is 6.07 Å². The first-order chi connectivity index (χ1) is 7.75. The predicted molar refractivity (Wildman–Crippen MR) is 57.5 cm³/mol. The van der Waals surface area contributed by atoms with Gasteiger partial charge in [0.15, 0.2) is 5.78 Å². The summed E-state index contributed by atoms with van der Waals surface area (Å²) in [5, 5.41) is 16.1. The first kappa shape index (κ1) is 9.15. The summed E-state index contributed by atoms with van der Waals surface area (Å²) >= 11 is 0. The van der Waals surface area contributed by atoms with Crippen LogP contribution in [0.2, 0.25) is 0 Å². The Morgan fingerprint density at radius 3 is 3.00 bits per heavy atom. The van der Waals surface area contributed by atoms with Crippen molar-refractivity contribution in [2.75, 3.05) is 0 Å². The maximum Gasteiger partial charge on any atom is 0.164 e. The van der Waals surface area contributed by atoms with Crippen LogP contribution in [0.3, 0.4) is 0 Å². The summed E-state index contributed by atoms with van der Waals surface area (Å²) in [4.78, 5) is 11.8. The summed E-state index contributed by atoms with van der Waals surface area (Å²) in [6, 6.07) is 6.83. The molecule has 0 radical (unpaired) electrons. The minimum Gasteiger partial charge on any atom is -0.508 e. The Morgan fingerprint density at radius 2 is 2.25 bits per heavy atom. The molecule has 1 aliphatic rings. The van der Waals surface area contributed by atoms with Crippen LogP contribution in [-0.4, -0.2) is 21.1 Å². The van der Waals surface area contributed by atoms with E-state index in [2.05, 4.69) is 10.2 Å². The van der Waals surface area contributed by atoms with Crippen molar-refractivity contribution in [2.24, 2.45) is 0 Å². The Morgan fingerprint density at radius 1 is 1.38 bits per heavy atom. The van der Waals surface area contributed by atoms with Crippen LogP contribution in [-0.2, 0) is 0 Å². The van der Waals surface area contributed by atoms with Gasteiger partial charge in [0, 0.05) is 29.8 Å². The van der Waals surface area contributed by atoms with Crippen LogP contribution < -0.4 is 0 Å². The number of aromatic nitrogens is 2. The number of hydrogen-bond donors (Lipinski definition) is 2. The van der Waals surface area contributed by atoms with E-state index in [0.29, 0.717) is 12.0 Å². The molecule has 1 aromatic carbocycles. The van der Waals surface area contributed by atoms with Crippen LogP contribution in [0.25, 0.3) is 0 Å². The number of hydrogen-bond acceptors (Lipinski definition) is 3. The fraction of sp³-hybridized carbons (Fsp3) is 0.167. The Labute approximate surface area is 91.9 Å². The van der Waals surface area contributed by atoms with Crippen molar-refractivity contribution in [1.82, 2.24) is 10.2 Å². The number of ketones is 1. The number of nitrogens with one attached hydrogen (secondary N) is 1. The number of phenolic OH excluding ortho intramolecular Hbond substituents is 1. The van der Waals surface area contributed by atoms with Crippen molar-refractivity contribution in [3.8, 4) is 5.75 Å². The molecule has 0 saturated heterocycles. The highest BCUT2D eigenvalue weighted by molar-refractivity contribution is 6.02. The molecule has 1 aliphatic carbocycles. The fourth-order valence-electron chi connectivity index (χ4n) is 2.23. The largest absolute Gasteiger partial charge is 0.508 e. The predicted octanol–water partition coefficient (Wildman–Crippen LogP) is 1.83. The smallest absolute Gasteiger partial charge is 0.164 e. The third-order valence-corrected chi connectivity index (χ3v) is 3.00. The zero-order valence-corrected chi connectivity index (χ0v) is 8.47. The van der Waals surface area contributed by atoms with Gasteiger partial charge < -0.3 is 5.11 Å². The molecule has 2 N–H and O–H groups in total. The maximum absolute atomic E-state index is 11.8. The minimum atomic E-state index is 0.0469. The van der Waals surface area contributed by atoms with Crippen LogP contribution in [0.15, 0.2) is 30.5 Å². The number of rotatable bonds is 1. The molecule has 3 rings (SSSR count). The number of aromatic amines is 1. The lowest BCUT2D eigenvalue weighted by Crippen LogP contribution is -1.97. The third-order valence-electron chi connectivity index (χ3n) is 3.00. The standard InChI is InChI=1S/C12H10N2O2/c15-7-1-2-8-9(11-3-4-13-14-11)6-12(16)10(8)5-7/h1-5,9,15H,6H2,(H,13,14). The van der Waals surface area contributed by atoms with Crippen LogP contribution in [0.5, 0.6) is 5.75 Å². The third kappa shape index (κ3) is 1.23. The first-order valence-electron chi connectivity index (χ1n) is 5.11. The molecule has 0 fully saturated rings. The Hall–Kier alpha value is -2.10. The van der Waals surface area contributed by atoms with Gasteiger partial charge in [0.05, 0.1) is 0 Å². The monoisotopic (exact) mass is 214 g/mol. The second-order valence-electron chi connectivity index (χ2n) is 3.96. The van der Waals surface area contributed by atoms with E-state index in [4.69, 9.17) is 0 Å². The number of carbonyl (C=O) groups excluding carboxylic acids is 1. The van der Waals surface area contributed by atoms with Gasteiger partial charge in [-0.15, -0.1) is 0 Å². The van der Waals surface area contributed by atoms with E-state index < -0.39 is 0 Å². The van der Waals surface area contributed by atoms with Crippen molar-refractivity contribution in [2.45, 2.75) is 12.3 Å². The molecule has 16 heavy (non-hydrogen) atoms.